The maximum Gasteiger partial charge on any atom is 0.339 e. The van der Waals surface area contributed by atoms with Crippen molar-refractivity contribution in [2.45, 2.75) is 19.8 Å². The Morgan fingerprint density at radius 2 is 1.62 bits per heavy atom. The molecule has 0 saturated heterocycles. The van der Waals surface area contributed by atoms with Gasteiger partial charge in [0.2, 0.25) is 0 Å². The van der Waals surface area contributed by atoms with E-state index in [-0.39, 0.29) is 12.4 Å². The number of carbonyl (C=O) groups is 2. The van der Waals surface area contributed by atoms with Gasteiger partial charge in [0.1, 0.15) is 0 Å². The van der Waals surface area contributed by atoms with Gasteiger partial charge in [0.25, 0.3) is 0 Å². The number of aromatic nitrogens is 1. The van der Waals surface area contributed by atoms with E-state index in [1.807, 2.05) is 36.4 Å². The number of halogens is 1. The van der Waals surface area contributed by atoms with Crippen molar-refractivity contribution < 1.29 is 14.3 Å². The Kier molecular flexibility index (Phi) is 6.33. The monoisotopic (exact) mass is 443 g/mol. The van der Waals surface area contributed by atoms with Gasteiger partial charge in [-0.05, 0) is 47.9 Å². The van der Waals surface area contributed by atoms with E-state index in [1.54, 1.807) is 30.3 Å². The lowest BCUT2D eigenvalue weighted by Crippen LogP contribution is -2.15. The van der Waals surface area contributed by atoms with Gasteiger partial charge in [0, 0.05) is 21.5 Å². The Bertz CT molecular complexity index is 1280. The smallest absolute Gasteiger partial charge is 0.339 e. The Balaban J connectivity index is 1.62. The van der Waals surface area contributed by atoms with Crippen molar-refractivity contribution >= 4 is 34.3 Å². The van der Waals surface area contributed by atoms with Gasteiger partial charge in [0.05, 0.1) is 16.8 Å². The molecule has 3 aromatic carbocycles. The number of fused-ring (bicyclic) bond motifs is 1. The molecule has 0 aliphatic rings. The zero-order valence-corrected chi connectivity index (χ0v) is 18.6. The van der Waals surface area contributed by atoms with Crippen LogP contribution < -0.4 is 0 Å². The van der Waals surface area contributed by atoms with E-state index in [9.17, 15) is 9.59 Å². The molecule has 1 aromatic heterocycles. The molecule has 1 heterocycles. The second-order valence-electron chi connectivity index (χ2n) is 7.86. The van der Waals surface area contributed by atoms with Gasteiger partial charge in [-0.3, -0.25) is 4.79 Å². The Morgan fingerprint density at radius 3 is 2.31 bits per heavy atom. The molecule has 0 radical (unpaired) electrons. The van der Waals surface area contributed by atoms with Crippen LogP contribution in [-0.4, -0.2) is 23.3 Å². The zero-order valence-electron chi connectivity index (χ0n) is 17.8. The second-order valence-corrected chi connectivity index (χ2v) is 8.29. The molecule has 0 bridgehead atoms. The molecule has 0 atom stereocenters. The molecule has 0 saturated carbocycles. The number of Topliss-reactive ketones (excluding diaryl/α,β-unsaturated/α-hetero) is 1. The van der Waals surface area contributed by atoms with Gasteiger partial charge < -0.3 is 4.74 Å². The van der Waals surface area contributed by atoms with Crippen molar-refractivity contribution in [1.82, 2.24) is 4.98 Å². The Hall–Kier alpha value is -3.50. The van der Waals surface area contributed by atoms with Crippen LogP contribution in [0.4, 0.5) is 0 Å². The normalized spacial score (nSPS) is 11.0. The number of ketones is 1. The number of rotatable bonds is 6. The first kappa shape index (κ1) is 21.7. The molecular weight excluding hydrogens is 422 g/mol. The first-order chi connectivity index (χ1) is 15.4. The minimum atomic E-state index is -0.564. The van der Waals surface area contributed by atoms with Crippen LogP contribution in [0.15, 0.2) is 78.9 Å². The Labute approximate surface area is 191 Å². The summed E-state index contributed by atoms with van der Waals surface area (Å²) in [4.78, 5) is 30.1. The summed E-state index contributed by atoms with van der Waals surface area (Å²) in [7, 11) is 0. The highest BCUT2D eigenvalue weighted by Gasteiger charge is 2.17. The predicted octanol–water partition coefficient (Wildman–Crippen LogP) is 6.72. The quantitative estimate of drug-likeness (QED) is 0.245. The average molecular weight is 444 g/mol. The van der Waals surface area contributed by atoms with Crippen molar-refractivity contribution in [3.8, 4) is 11.3 Å². The lowest BCUT2D eigenvalue weighted by atomic mass is 9.99. The number of pyridine rings is 1. The highest BCUT2D eigenvalue weighted by Crippen LogP contribution is 2.27. The van der Waals surface area contributed by atoms with Crippen molar-refractivity contribution in [3.63, 3.8) is 0 Å². The molecule has 0 aliphatic heterocycles. The number of hydrogen-bond donors (Lipinski definition) is 0. The van der Waals surface area contributed by atoms with Gasteiger partial charge in [-0.25, -0.2) is 9.78 Å². The van der Waals surface area contributed by atoms with Gasteiger partial charge in [-0.1, -0.05) is 67.9 Å². The third-order valence-corrected chi connectivity index (χ3v) is 5.56. The second kappa shape index (κ2) is 9.33. The van der Waals surface area contributed by atoms with Gasteiger partial charge in [-0.15, -0.1) is 0 Å². The number of hydrogen-bond acceptors (Lipinski definition) is 4. The van der Waals surface area contributed by atoms with E-state index in [4.69, 9.17) is 21.3 Å². The molecule has 4 aromatic rings. The molecule has 0 spiro atoms. The summed E-state index contributed by atoms with van der Waals surface area (Å²) in [6.45, 7) is 3.93. The highest BCUT2D eigenvalue weighted by molar-refractivity contribution is 6.30. The molecule has 160 valence electrons. The van der Waals surface area contributed by atoms with Crippen LogP contribution in [0.2, 0.25) is 5.02 Å². The lowest BCUT2D eigenvalue weighted by molar-refractivity contribution is 0.0476. The summed E-state index contributed by atoms with van der Waals surface area (Å²) in [6.07, 6.45) is 0. The van der Waals surface area contributed by atoms with E-state index in [0.29, 0.717) is 38.7 Å². The third-order valence-electron chi connectivity index (χ3n) is 5.31. The summed E-state index contributed by atoms with van der Waals surface area (Å²) >= 11 is 5.87. The summed E-state index contributed by atoms with van der Waals surface area (Å²) in [5, 5.41) is 1.22. The highest BCUT2D eigenvalue weighted by atomic mass is 35.5. The molecule has 5 heteroatoms. The lowest BCUT2D eigenvalue weighted by Gasteiger charge is -2.11. The number of carbonyl (C=O) groups excluding carboxylic acids is 2. The molecule has 0 unspecified atom stereocenters. The van der Waals surface area contributed by atoms with Crippen LogP contribution in [0.1, 0.15) is 46.0 Å². The maximum absolute atomic E-state index is 13.0. The van der Waals surface area contributed by atoms with Crippen LogP contribution in [0.3, 0.4) is 0 Å². The van der Waals surface area contributed by atoms with Crippen molar-refractivity contribution in [2.75, 3.05) is 6.61 Å². The van der Waals surface area contributed by atoms with Crippen molar-refractivity contribution in [3.05, 3.63) is 101 Å². The largest absolute Gasteiger partial charge is 0.454 e. The predicted molar refractivity (Wildman–Crippen MR) is 127 cm³/mol. The molecule has 0 N–H and O–H groups in total. The van der Waals surface area contributed by atoms with Crippen molar-refractivity contribution in [1.29, 1.82) is 0 Å². The minimum Gasteiger partial charge on any atom is -0.454 e. The fraction of sp³-hybridized carbons (Fsp3) is 0.148. The zero-order chi connectivity index (χ0) is 22.7. The molecule has 4 rings (SSSR count). The van der Waals surface area contributed by atoms with E-state index in [1.165, 1.54) is 5.56 Å². The van der Waals surface area contributed by atoms with Crippen LogP contribution in [0.5, 0.6) is 0 Å². The summed E-state index contributed by atoms with van der Waals surface area (Å²) in [6, 6.07) is 23.8. The molecule has 32 heavy (non-hydrogen) atoms. The fourth-order valence-electron chi connectivity index (χ4n) is 3.46. The third kappa shape index (κ3) is 4.71. The van der Waals surface area contributed by atoms with E-state index in [2.05, 4.69) is 26.0 Å². The van der Waals surface area contributed by atoms with Gasteiger partial charge >= 0.3 is 5.97 Å². The summed E-state index contributed by atoms with van der Waals surface area (Å²) in [5.41, 5.74) is 4.32. The summed E-state index contributed by atoms with van der Waals surface area (Å²) < 4.78 is 5.37. The molecule has 0 amide bonds. The molecule has 4 nitrogen and oxygen atoms in total. The topological polar surface area (TPSA) is 56.3 Å². The number of esters is 1. The van der Waals surface area contributed by atoms with Crippen LogP contribution >= 0.6 is 11.6 Å². The number of para-hydroxylation sites is 1. The van der Waals surface area contributed by atoms with E-state index < -0.39 is 5.97 Å². The molecule has 0 fully saturated rings. The number of ether oxygens (including phenoxy) is 1. The number of benzene rings is 3. The maximum atomic E-state index is 13.0. The number of nitrogens with zero attached hydrogens (tertiary/aromatic N) is 1. The first-order valence-electron chi connectivity index (χ1n) is 10.4. The minimum absolute atomic E-state index is 0.294. The van der Waals surface area contributed by atoms with Crippen LogP contribution in [0, 0.1) is 0 Å². The van der Waals surface area contributed by atoms with E-state index in [0.717, 1.165) is 5.56 Å². The molecular formula is C27H22ClNO3. The van der Waals surface area contributed by atoms with Crippen LogP contribution in [-0.2, 0) is 4.74 Å². The first-order valence-corrected chi connectivity index (χ1v) is 10.8. The average Bonchev–Trinajstić information content (AvgIpc) is 2.82. The van der Waals surface area contributed by atoms with Gasteiger partial charge in [-0.2, -0.15) is 0 Å². The van der Waals surface area contributed by atoms with Crippen molar-refractivity contribution in [2.24, 2.45) is 0 Å². The SMILES string of the molecule is CC(C)c1ccc(-c2cc(C(=O)OCC(=O)c3ccc(Cl)cc3)c3ccccc3n2)cc1. The van der Waals surface area contributed by atoms with E-state index >= 15 is 0 Å². The van der Waals surface area contributed by atoms with Gasteiger partial charge in [0.15, 0.2) is 12.4 Å². The Morgan fingerprint density at radius 1 is 0.938 bits per heavy atom. The fourth-order valence-corrected chi connectivity index (χ4v) is 3.58. The summed E-state index contributed by atoms with van der Waals surface area (Å²) in [5.74, 6) is -0.429. The standard InChI is InChI=1S/C27H22ClNO3/c1-17(2)18-7-9-19(10-8-18)25-15-23(22-5-3-4-6-24(22)29-25)27(31)32-16-26(30)20-11-13-21(28)14-12-20/h3-15,17H,16H2,1-2H3. The van der Waals surface area contributed by atoms with Crippen LogP contribution in [0.25, 0.3) is 22.2 Å². The molecule has 0 aliphatic carbocycles.